The highest BCUT2D eigenvalue weighted by molar-refractivity contribution is 6.02. The number of methoxy groups -OCH3 is 2. The first kappa shape index (κ1) is 27.1. The Morgan fingerprint density at radius 1 is 0.816 bits per heavy atom. The van der Waals surface area contributed by atoms with Crippen molar-refractivity contribution in [1.29, 1.82) is 0 Å². The van der Waals surface area contributed by atoms with Crippen molar-refractivity contribution in [2.45, 2.75) is 52.5 Å². The van der Waals surface area contributed by atoms with Crippen LogP contribution in [0.25, 0.3) is 22.3 Å². The fourth-order valence-corrected chi connectivity index (χ4v) is 5.25. The van der Waals surface area contributed by atoms with Crippen molar-refractivity contribution in [3.63, 3.8) is 0 Å². The molecule has 1 aromatic heterocycles. The highest BCUT2D eigenvalue weighted by Gasteiger charge is 2.24. The van der Waals surface area contributed by atoms with E-state index < -0.39 is 0 Å². The average molecular weight is 511 g/mol. The molecule has 0 saturated heterocycles. The molecule has 0 saturated carbocycles. The minimum atomic E-state index is -0.383. The number of unbranched alkanes of at least 4 members (excludes halogenated alkanes) is 2. The molecule has 4 rings (SSSR count). The molecule has 0 aliphatic carbocycles. The summed E-state index contributed by atoms with van der Waals surface area (Å²) in [5.74, 6) is 1.05. The van der Waals surface area contributed by atoms with Gasteiger partial charge in [0.15, 0.2) is 11.5 Å². The Morgan fingerprint density at radius 2 is 1.47 bits per heavy atom. The summed E-state index contributed by atoms with van der Waals surface area (Å²) in [5, 5.41) is 0. The van der Waals surface area contributed by atoms with Gasteiger partial charge >= 0.3 is 0 Å². The van der Waals surface area contributed by atoms with Crippen molar-refractivity contribution in [2.75, 3.05) is 14.2 Å². The topological polar surface area (TPSA) is 66.5 Å². The molecule has 0 fully saturated rings. The standard InChI is InChI=1S/C33H38N2O3/c1-5-6-8-13-28-32(27-17-15-26(16-18-27)25-11-9-7-10-12-25)31(33(34)36)23(2)35(28)21-20-24-14-19-29(37-3)30(22-24)38-4/h7,9-12,14-19,22H,5-6,8,13,20-21H2,1-4H3,(H2,34,36). The molecule has 4 aromatic rings. The molecule has 198 valence electrons. The first-order valence-electron chi connectivity index (χ1n) is 13.4. The number of nitrogens with zero attached hydrogens (tertiary/aromatic N) is 1. The Labute approximate surface area is 226 Å². The Hall–Kier alpha value is -3.99. The number of hydrogen-bond acceptors (Lipinski definition) is 3. The molecule has 0 spiro atoms. The maximum Gasteiger partial charge on any atom is 0.251 e. The summed E-state index contributed by atoms with van der Waals surface area (Å²) in [5.41, 5.74) is 14.2. The van der Waals surface area contributed by atoms with Crippen LogP contribution in [0.2, 0.25) is 0 Å². The highest BCUT2D eigenvalue weighted by Crippen LogP contribution is 2.36. The summed E-state index contributed by atoms with van der Waals surface area (Å²) >= 11 is 0. The van der Waals surface area contributed by atoms with Crippen molar-refractivity contribution < 1.29 is 14.3 Å². The van der Waals surface area contributed by atoms with Crippen molar-refractivity contribution >= 4 is 5.91 Å². The van der Waals surface area contributed by atoms with Gasteiger partial charge in [0.25, 0.3) is 5.91 Å². The third-order valence-electron chi connectivity index (χ3n) is 7.25. The molecular formula is C33H38N2O3. The van der Waals surface area contributed by atoms with Gasteiger partial charge < -0.3 is 19.8 Å². The van der Waals surface area contributed by atoms with Crippen molar-refractivity contribution in [3.05, 3.63) is 95.3 Å². The Morgan fingerprint density at radius 3 is 2.11 bits per heavy atom. The van der Waals surface area contributed by atoms with Crippen LogP contribution in [0.4, 0.5) is 0 Å². The second-order valence-electron chi connectivity index (χ2n) is 9.64. The first-order chi connectivity index (χ1) is 18.5. The maximum atomic E-state index is 12.8. The van der Waals surface area contributed by atoms with E-state index in [-0.39, 0.29) is 5.91 Å². The number of carbonyl (C=O) groups excluding carboxylic acids is 1. The molecular weight excluding hydrogens is 472 g/mol. The van der Waals surface area contributed by atoms with Crippen LogP contribution in [0.1, 0.15) is 53.5 Å². The number of carbonyl (C=O) groups is 1. The molecule has 0 aliphatic rings. The summed E-state index contributed by atoms with van der Waals surface area (Å²) < 4.78 is 13.2. The van der Waals surface area contributed by atoms with Crippen molar-refractivity contribution in [2.24, 2.45) is 5.73 Å². The van der Waals surface area contributed by atoms with Crippen LogP contribution in [0.3, 0.4) is 0 Å². The van der Waals surface area contributed by atoms with E-state index >= 15 is 0 Å². The van der Waals surface area contributed by atoms with Crippen molar-refractivity contribution in [1.82, 2.24) is 4.57 Å². The second kappa shape index (κ2) is 12.5. The lowest BCUT2D eigenvalue weighted by atomic mass is 9.95. The minimum Gasteiger partial charge on any atom is -0.493 e. The summed E-state index contributed by atoms with van der Waals surface area (Å²) in [6.07, 6.45) is 5.02. The van der Waals surface area contributed by atoms with Gasteiger partial charge in [-0.15, -0.1) is 0 Å². The summed E-state index contributed by atoms with van der Waals surface area (Å²) in [6.45, 7) is 4.96. The van der Waals surface area contributed by atoms with Crippen LogP contribution < -0.4 is 15.2 Å². The fraction of sp³-hybridized carbons (Fsp3) is 0.303. The van der Waals surface area contributed by atoms with Crippen LogP contribution in [-0.4, -0.2) is 24.7 Å². The van der Waals surface area contributed by atoms with E-state index in [1.165, 1.54) is 11.3 Å². The van der Waals surface area contributed by atoms with Gasteiger partial charge in [-0.3, -0.25) is 4.79 Å². The highest BCUT2D eigenvalue weighted by atomic mass is 16.5. The zero-order valence-corrected chi connectivity index (χ0v) is 22.9. The van der Waals surface area contributed by atoms with Gasteiger partial charge in [-0.25, -0.2) is 0 Å². The van der Waals surface area contributed by atoms with Crippen molar-refractivity contribution in [3.8, 4) is 33.8 Å². The lowest BCUT2D eigenvalue weighted by molar-refractivity contribution is 0.1000. The van der Waals surface area contributed by atoms with Crippen LogP contribution in [0, 0.1) is 6.92 Å². The SMILES string of the molecule is CCCCCc1c(-c2ccc(-c3ccccc3)cc2)c(C(N)=O)c(C)n1CCc1ccc(OC)c(OC)c1. The average Bonchev–Trinajstić information content (AvgIpc) is 3.23. The lowest BCUT2D eigenvalue weighted by Crippen LogP contribution is -2.14. The Kier molecular flexibility index (Phi) is 8.90. The van der Waals surface area contributed by atoms with Crippen LogP contribution >= 0.6 is 0 Å². The van der Waals surface area contributed by atoms with Gasteiger partial charge in [-0.05, 0) is 60.6 Å². The smallest absolute Gasteiger partial charge is 0.251 e. The van der Waals surface area contributed by atoms with E-state index in [2.05, 4.69) is 54.0 Å². The van der Waals surface area contributed by atoms with Gasteiger partial charge in [0.05, 0.1) is 19.8 Å². The third kappa shape index (κ3) is 5.77. The van der Waals surface area contributed by atoms with E-state index in [0.717, 1.165) is 72.3 Å². The summed E-state index contributed by atoms with van der Waals surface area (Å²) in [6, 6.07) is 24.8. The van der Waals surface area contributed by atoms with Gasteiger partial charge in [0, 0.05) is 23.5 Å². The number of primary amides is 1. The monoisotopic (exact) mass is 510 g/mol. The summed E-state index contributed by atoms with van der Waals surface area (Å²) in [7, 11) is 3.29. The normalized spacial score (nSPS) is 10.9. The number of hydrogen-bond donors (Lipinski definition) is 1. The van der Waals surface area contributed by atoms with E-state index in [4.69, 9.17) is 15.2 Å². The number of amides is 1. The number of benzene rings is 3. The van der Waals surface area contributed by atoms with Crippen LogP contribution in [-0.2, 0) is 19.4 Å². The maximum absolute atomic E-state index is 12.8. The van der Waals surface area contributed by atoms with E-state index in [9.17, 15) is 4.79 Å². The van der Waals surface area contributed by atoms with E-state index in [1.807, 2.05) is 37.3 Å². The van der Waals surface area contributed by atoms with Gasteiger partial charge in [-0.1, -0.05) is 80.4 Å². The quantitative estimate of drug-likeness (QED) is 0.205. The Balaban J connectivity index is 1.74. The predicted molar refractivity (Wildman–Crippen MR) is 155 cm³/mol. The molecule has 1 amide bonds. The number of rotatable bonds is 12. The molecule has 1 heterocycles. The number of aryl methyl sites for hydroxylation is 1. The fourth-order valence-electron chi connectivity index (χ4n) is 5.25. The molecule has 38 heavy (non-hydrogen) atoms. The molecule has 0 bridgehead atoms. The molecule has 0 radical (unpaired) electrons. The number of nitrogens with two attached hydrogens (primary N) is 1. The Bertz CT molecular complexity index is 1370. The predicted octanol–water partition coefficient (Wildman–Crippen LogP) is 7.22. The van der Waals surface area contributed by atoms with Gasteiger partial charge in [-0.2, -0.15) is 0 Å². The second-order valence-corrected chi connectivity index (χ2v) is 9.64. The number of ether oxygens (including phenoxy) is 2. The molecule has 2 N–H and O–H groups in total. The molecule has 5 heteroatoms. The lowest BCUT2D eigenvalue weighted by Gasteiger charge is -2.15. The molecule has 0 unspecified atom stereocenters. The zero-order valence-electron chi connectivity index (χ0n) is 22.9. The van der Waals surface area contributed by atoms with Crippen LogP contribution in [0.15, 0.2) is 72.8 Å². The van der Waals surface area contributed by atoms with E-state index in [1.54, 1.807) is 14.2 Å². The van der Waals surface area contributed by atoms with Gasteiger partial charge in [0.2, 0.25) is 0 Å². The molecule has 0 atom stereocenters. The largest absolute Gasteiger partial charge is 0.493 e. The number of aromatic nitrogens is 1. The molecule has 5 nitrogen and oxygen atoms in total. The van der Waals surface area contributed by atoms with E-state index in [0.29, 0.717) is 11.3 Å². The van der Waals surface area contributed by atoms with Gasteiger partial charge in [0.1, 0.15) is 0 Å². The zero-order chi connectivity index (χ0) is 27.1. The molecule has 0 aliphatic heterocycles. The third-order valence-corrected chi connectivity index (χ3v) is 7.25. The van der Waals surface area contributed by atoms with Crippen LogP contribution in [0.5, 0.6) is 11.5 Å². The summed E-state index contributed by atoms with van der Waals surface area (Å²) in [4.78, 5) is 12.8. The first-order valence-corrected chi connectivity index (χ1v) is 13.4. The minimum absolute atomic E-state index is 0.383. The molecule has 3 aromatic carbocycles.